The average Bonchev–Trinajstić information content (AvgIpc) is 2.57. The van der Waals surface area contributed by atoms with Crippen molar-refractivity contribution in [2.24, 2.45) is 5.41 Å². The molecule has 2 N–H and O–H groups in total. The van der Waals surface area contributed by atoms with Crippen LogP contribution in [0.15, 0.2) is 30.3 Å². The Bertz CT molecular complexity index is 454. The van der Waals surface area contributed by atoms with Crippen LogP contribution in [0.3, 0.4) is 0 Å². The molecule has 1 heterocycles. The fourth-order valence-corrected chi connectivity index (χ4v) is 2.38. The lowest BCUT2D eigenvalue weighted by atomic mass is 9.80. The summed E-state index contributed by atoms with van der Waals surface area (Å²) in [4.78, 5) is 22.6. The van der Waals surface area contributed by atoms with E-state index < -0.39 is 6.04 Å². The Morgan fingerprint density at radius 3 is 2.39 bits per heavy atom. The lowest BCUT2D eigenvalue weighted by Gasteiger charge is -2.26. The molecule has 96 valence electrons. The summed E-state index contributed by atoms with van der Waals surface area (Å²) in [6, 6.07) is 9.37. The van der Waals surface area contributed by atoms with E-state index in [1.807, 2.05) is 18.2 Å². The van der Waals surface area contributed by atoms with Crippen molar-refractivity contribution >= 4 is 11.9 Å². The summed E-state index contributed by atoms with van der Waals surface area (Å²) in [5.41, 5.74) is 1.20. The minimum absolute atomic E-state index is 0.0407. The molecule has 1 atom stereocenters. The number of nitrogens with one attached hydrogen (secondary N) is 2. The molecule has 4 nitrogen and oxygen atoms in total. The third-order valence-corrected chi connectivity index (χ3v) is 3.14. The van der Waals surface area contributed by atoms with Gasteiger partial charge in [0.25, 0.3) is 5.91 Å². The zero-order valence-corrected chi connectivity index (χ0v) is 10.7. The maximum Gasteiger partial charge on any atom is 0.322 e. The Morgan fingerprint density at radius 2 is 1.83 bits per heavy atom. The smallest absolute Gasteiger partial charge is 0.322 e. The van der Waals surface area contributed by atoms with E-state index in [1.54, 1.807) is 0 Å². The fraction of sp³-hybridized carbons (Fsp3) is 0.429. The zero-order valence-electron chi connectivity index (χ0n) is 10.7. The molecule has 1 aliphatic rings. The molecule has 1 saturated heterocycles. The normalized spacial score (nSPS) is 19.6. The molecule has 0 aliphatic carbocycles. The number of amides is 3. The molecule has 3 amide bonds. The Balaban J connectivity index is 1.99. The van der Waals surface area contributed by atoms with Crippen LogP contribution in [-0.4, -0.2) is 18.0 Å². The van der Waals surface area contributed by atoms with Crippen molar-refractivity contribution in [1.82, 2.24) is 10.6 Å². The van der Waals surface area contributed by atoms with E-state index >= 15 is 0 Å². The Kier molecular flexibility index (Phi) is 3.36. The van der Waals surface area contributed by atoms with E-state index in [0.717, 1.165) is 6.42 Å². The van der Waals surface area contributed by atoms with Crippen LogP contribution in [0.2, 0.25) is 0 Å². The van der Waals surface area contributed by atoms with Crippen LogP contribution >= 0.6 is 0 Å². The van der Waals surface area contributed by atoms with Gasteiger partial charge in [0.1, 0.15) is 6.04 Å². The molecule has 2 rings (SSSR count). The molecular formula is C14H18N2O2. The van der Waals surface area contributed by atoms with Crippen LogP contribution in [-0.2, 0) is 11.2 Å². The van der Waals surface area contributed by atoms with Crippen molar-refractivity contribution < 1.29 is 9.59 Å². The van der Waals surface area contributed by atoms with Crippen LogP contribution in [0.25, 0.3) is 0 Å². The van der Waals surface area contributed by atoms with Gasteiger partial charge in [0.2, 0.25) is 0 Å². The Hall–Kier alpha value is -1.84. The minimum atomic E-state index is -0.406. The molecule has 0 bridgehead atoms. The van der Waals surface area contributed by atoms with Gasteiger partial charge in [-0.15, -0.1) is 0 Å². The molecule has 0 saturated carbocycles. The molecule has 0 unspecified atom stereocenters. The summed E-state index contributed by atoms with van der Waals surface area (Å²) in [6.45, 7) is 4.22. The quantitative estimate of drug-likeness (QED) is 0.797. The van der Waals surface area contributed by atoms with Crippen molar-refractivity contribution in [3.05, 3.63) is 35.9 Å². The highest BCUT2D eigenvalue weighted by atomic mass is 16.2. The highest BCUT2D eigenvalue weighted by Crippen LogP contribution is 2.28. The first-order valence-corrected chi connectivity index (χ1v) is 6.12. The lowest BCUT2D eigenvalue weighted by Crippen LogP contribution is -2.35. The first-order valence-electron chi connectivity index (χ1n) is 6.12. The third kappa shape index (κ3) is 3.09. The van der Waals surface area contributed by atoms with Crippen LogP contribution in [0.4, 0.5) is 4.79 Å². The van der Waals surface area contributed by atoms with Crippen molar-refractivity contribution in [2.75, 3.05) is 0 Å². The van der Waals surface area contributed by atoms with Crippen molar-refractivity contribution in [3.8, 4) is 0 Å². The van der Waals surface area contributed by atoms with Gasteiger partial charge in [-0.2, -0.15) is 0 Å². The van der Waals surface area contributed by atoms with Gasteiger partial charge in [-0.3, -0.25) is 10.1 Å². The summed E-state index contributed by atoms with van der Waals surface area (Å²) < 4.78 is 0. The van der Waals surface area contributed by atoms with Gasteiger partial charge in [-0.25, -0.2) is 4.79 Å². The molecule has 1 aromatic carbocycles. The van der Waals surface area contributed by atoms with E-state index in [9.17, 15) is 9.59 Å². The second-order valence-electron chi connectivity index (χ2n) is 5.55. The van der Waals surface area contributed by atoms with Crippen molar-refractivity contribution in [3.63, 3.8) is 0 Å². The van der Waals surface area contributed by atoms with Gasteiger partial charge in [0.05, 0.1) is 0 Å². The number of hydrogen-bond acceptors (Lipinski definition) is 2. The van der Waals surface area contributed by atoms with Gasteiger partial charge in [-0.05, 0) is 23.8 Å². The standard InChI is InChI=1S/C14H18N2O2/c1-14(2,8-10-6-4-3-5-7-10)9-11-12(17)16-13(18)15-11/h3-7,11H,8-9H2,1-2H3,(H2,15,16,17,18)/t11-/m0/s1. The SMILES string of the molecule is CC(C)(Cc1ccccc1)C[C@@H]1NC(=O)NC1=O. The number of carbonyl (C=O) groups excluding carboxylic acids is 2. The molecule has 18 heavy (non-hydrogen) atoms. The number of carbonyl (C=O) groups is 2. The first-order chi connectivity index (χ1) is 8.46. The van der Waals surface area contributed by atoms with Gasteiger partial charge >= 0.3 is 6.03 Å². The fourth-order valence-electron chi connectivity index (χ4n) is 2.38. The number of rotatable bonds is 4. The van der Waals surface area contributed by atoms with Gasteiger partial charge in [-0.1, -0.05) is 44.2 Å². The number of benzene rings is 1. The predicted octanol–water partition coefficient (Wildman–Crippen LogP) is 1.85. The third-order valence-electron chi connectivity index (χ3n) is 3.14. The number of hydrogen-bond donors (Lipinski definition) is 2. The molecule has 0 radical (unpaired) electrons. The highest BCUT2D eigenvalue weighted by molar-refractivity contribution is 6.04. The molecule has 1 aliphatic heterocycles. The van der Waals surface area contributed by atoms with E-state index in [2.05, 4.69) is 36.6 Å². The van der Waals surface area contributed by atoms with Crippen molar-refractivity contribution in [1.29, 1.82) is 0 Å². The highest BCUT2D eigenvalue weighted by Gasteiger charge is 2.34. The molecule has 0 aromatic heterocycles. The molecule has 4 heteroatoms. The lowest BCUT2D eigenvalue weighted by molar-refractivity contribution is -0.120. The summed E-state index contributed by atoms with van der Waals surface area (Å²) in [6.07, 6.45) is 1.52. The monoisotopic (exact) mass is 246 g/mol. The molecule has 1 fully saturated rings. The van der Waals surface area contributed by atoms with Gasteiger partial charge < -0.3 is 5.32 Å². The van der Waals surface area contributed by atoms with Gasteiger partial charge in [0.15, 0.2) is 0 Å². The number of urea groups is 1. The van der Waals surface area contributed by atoms with Crippen LogP contribution < -0.4 is 10.6 Å². The van der Waals surface area contributed by atoms with E-state index in [0.29, 0.717) is 6.42 Å². The molecule has 1 aromatic rings. The topological polar surface area (TPSA) is 58.2 Å². The van der Waals surface area contributed by atoms with E-state index in [1.165, 1.54) is 5.56 Å². The largest absolute Gasteiger partial charge is 0.326 e. The van der Waals surface area contributed by atoms with E-state index in [-0.39, 0.29) is 17.4 Å². The van der Waals surface area contributed by atoms with Crippen LogP contribution in [0.1, 0.15) is 25.8 Å². The van der Waals surface area contributed by atoms with Crippen LogP contribution in [0.5, 0.6) is 0 Å². The Morgan fingerprint density at radius 1 is 1.17 bits per heavy atom. The second kappa shape index (κ2) is 4.80. The second-order valence-corrected chi connectivity index (χ2v) is 5.55. The summed E-state index contributed by atoms with van der Waals surface area (Å²) in [7, 11) is 0. The van der Waals surface area contributed by atoms with E-state index in [4.69, 9.17) is 0 Å². The van der Waals surface area contributed by atoms with Gasteiger partial charge in [0, 0.05) is 0 Å². The zero-order chi connectivity index (χ0) is 13.2. The maximum absolute atomic E-state index is 11.5. The van der Waals surface area contributed by atoms with Crippen molar-refractivity contribution in [2.45, 2.75) is 32.7 Å². The molecular weight excluding hydrogens is 228 g/mol. The predicted molar refractivity (Wildman–Crippen MR) is 69.0 cm³/mol. The average molecular weight is 246 g/mol. The summed E-state index contributed by atoms with van der Waals surface area (Å²) in [5.74, 6) is -0.221. The molecule has 0 spiro atoms. The number of imide groups is 1. The van der Waals surface area contributed by atoms with Crippen LogP contribution in [0, 0.1) is 5.41 Å². The summed E-state index contributed by atoms with van der Waals surface area (Å²) >= 11 is 0. The Labute approximate surface area is 107 Å². The maximum atomic E-state index is 11.5. The minimum Gasteiger partial charge on any atom is -0.326 e. The summed E-state index contributed by atoms with van der Waals surface area (Å²) in [5, 5.41) is 4.91. The first kappa shape index (κ1) is 12.6.